The van der Waals surface area contributed by atoms with Crippen molar-refractivity contribution in [3.63, 3.8) is 0 Å². The van der Waals surface area contributed by atoms with Gasteiger partial charge in [0.25, 0.3) is 0 Å². The van der Waals surface area contributed by atoms with E-state index in [1.54, 1.807) is 0 Å². The summed E-state index contributed by atoms with van der Waals surface area (Å²) in [5.74, 6) is 8.20. The van der Waals surface area contributed by atoms with Gasteiger partial charge in [0.05, 0.1) is 18.3 Å². The van der Waals surface area contributed by atoms with Gasteiger partial charge in [-0.3, -0.25) is 0 Å². The van der Waals surface area contributed by atoms with Gasteiger partial charge in [0.2, 0.25) is 0 Å². The zero-order chi connectivity index (χ0) is 36.0. The van der Waals surface area contributed by atoms with E-state index < -0.39 is 7.12 Å². The second-order valence-corrected chi connectivity index (χ2v) is 15.0. The van der Waals surface area contributed by atoms with Crippen LogP contribution in [-0.4, -0.2) is 130 Å². The molecule has 54 heavy (non-hydrogen) atoms. The summed E-state index contributed by atoms with van der Waals surface area (Å²) in [7, 11) is 4.51. The molecule has 0 radical (unpaired) electrons. The molecular formula is C39H80Ar6BN3O5. The van der Waals surface area contributed by atoms with Gasteiger partial charge in [-0.15, -0.1) is 0 Å². The zero-order valence-electron chi connectivity index (χ0n) is 35.7. The SMILES string of the molecule is CB(O)O.CC.CC.CC.CC.COC1C2CC3C[C@H]1CN(C3)C2.COC1C2CC3C[C@H]1CN(C3)C2.COC1C2CC3C[C@H]1CN(C3)C2.[Ar].[Ar].[Ar].[Ar].[Ar].[Ar]. The molecule has 0 amide bonds. The van der Waals surface area contributed by atoms with E-state index >= 15 is 0 Å². The molecule has 9 aliphatic heterocycles. The first-order valence-corrected chi connectivity index (χ1v) is 20.4. The predicted molar refractivity (Wildman–Crippen MR) is 202 cm³/mol. The third-order valence-corrected chi connectivity index (χ3v) is 11.9. The van der Waals surface area contributed by atoms with Crippen LogP contribution in [-0.2, 0) is 14.2 Å². The molecule has 0 aromatic carbocycles. The molecule has 0 spiro atoms. The molecule has 0 aromatic rings. The molecule has 12 bridgehead atoms. The Hall–Kier alpha value is 7.30. The van der Waals surface area contributed by atoms with Crippen LogP contribution in [0, 0.1) is 280 Å². The minimum absolute atomic E-state index is 0. The zero-order valence-corrected chi connectivity index (χ0v) is 39.9. The van der Waals surface area contributed by atoms with E-state index in [0.717, 1.165) is 53.3 Å². The molecule has 9 saturated heterocycles. The Bertz CT molecular complexity index is 676. The molecule has 12 rings (SSSR count). The van der Waals surface area contributed by atoms with Gasteiger partial charge in [-0.25, -0.2) is 0 Å². The first-order valence-electron chi connectivity index (χ1n) is 20.4. The van der Waals surface area contributed by atoms with Gasteiger partial charge in [0, 0.05) is 307 Å². The summed E-state index contributed by atoms with van der Waals surface area (Å²) in [4.78, 5) is 7.92. The first kappa shape index (κ1) is 70.3. The van der Waals surface area contributed by atoms with Crippen LogP contribution >= 0.6 is 0 Å². The summed E-state index contributed by atoms with van der Waals surface area (Å²) in [6.07, 6.45) is 10.4. The first-order chi connectivity index (χ1) is 23.3. The molecule has 8 nitrogen and oxygen atoms in total. The molecule has 9 heterocycles. The quantitative estimate of drug-likeness (QED) is 0.329. The molecule has 3 aliphatic carbocycles. The molecule has 3 saturated carbocycles. The van der Waals surface area contributed by atoms with Gasteiger partial charge in [0.15, 0.2) is 0 Å². The summed E-state index contributed by atoms with van der Waals surface area (Å²) in [5, 5.41) is 15.2. The molecule has 332 valence electrons. The van der Waals surface area contributed by atoms with Crippen molar-refractivity contribution in [2.24, 2.45) is 53.3 Å². The Balaban J connectivity index is -0.000000186. The van der Waals surface area contributed by atoms with Crippen LogP contribution in [0.5, 0.6) is 0 Å². The van der Waals surface area contributed by atoms with Crippen molar-refractivity contribution in [3.05, 3.63) is 0 Å². The summed E-state index contributed by atoms with van der Waals surface area (Å²) >= 11 is 0. The molecule has 12 fully saturated rings. The Morgan fingerprint density at radius 2 is 0.519 bits per heavy atom. The van der Waals surface area contributed by atoms with Crippen LogP contribution in [0.25, 0.3) is 0 Å². The van der Waals surface area contributed by atoms with E-state index in [1.165, 1.54) is 104 Å². The summed E-state index contributed by atoms with van der Waals surface area (Å²) < 4.78 is 16.8. The Labute approximate surface area is 514 Å². The molecule has 0 aromatic heterocycles. The third-order valence-electron chi connectivity index (χ3n) is 11.9. The number of ether oxygens (including phenoxy) is 3. The minimum atomic E-state index is -1.17. The van der Waals surface area contributed by atoms with Crippen molar-refractivity contribution in [3.8, 4) is 0 Å². The standard InChI is InChI=1S/3C10H17NO.4C2H6.CH5BO2.6Ar/c3*1-12-10-8-2-7-3-9(10)6-11(4-7)5-8;4*1-2;1-2(3)4;;;;;;/h3*7-10H,2-6H2,1H3;4*1-2H3;3-4H,1H3;;;;;;/t3*7?,8-,9?,10?;;;;;;;;;;;/m000.........../s1. The normalized spacial score (nSPS) is 38.4. The third kappa shape index (κ3) is 21.3. The Morgan fingerprint density at radius 1 is 0.370 bits per heavy atom. The number of nitrogens with zero attached hydrogens (tertiary/aromatic N) is 3. The van der Waals surface area contributed by atoms with Gasteiger partial charge >= 0.3 is 7.12 Å². The van der Waals surface area contributed by atoms with Gasteiger partial charge in [-0.2, -0.15) is 0 Å². The maximum atomic E-state index is 7.61. The second-order valence-electron chi connectivity index (χ2n) is 15.0. The van der Waals surface area contributed by atoms with Crippen LogP contribution in [0.3, 0.4) is 0 Å². The number of methoxy groups -OCH3 is 3. The Kier molecular flexibility index (Phi) is 51.4. The van der Waals surface area contributed by atoms with E-state index in [1.807, 2.05) is 76.7 Å². The fourth-order valence-corrected chi connectivity index (χ4v) is 11.2. The fourth-order valence-electron chi connectivity index (χ4n) is 11.2. The Morgan fingerprint density at radius 3 is 0.630 bits per heavy atom. The van der Waals surface area contributed by atoms with E-state index in [2.05, 4.69) is 14.7 Å². The topological polar surface area (TPSA) is 77.9 Å². The van der Waals surface area contributed by atoms with Crippen molar-refractivity contribution in [2.75, 3.05) is 80.2 Å². The average molecular weight is 922 g/mol. The minimum Gasteiger partial charge on any atom is -0.427 e. The summed E-state index contributed by atoms with van der Waals surface area (Å²) in [5.41, 5.74) is 0. The van der Waals surface area contributed by atoms with Crippen LogP contribution < -0.4 is 0 Å². The van der Waals surface area contributed by atoms with Crippen molar-refractivity contribution in [2.45, 2.75) is 119 Å². The second kappa shape index (κ2) is 39.5. The van der Waals surface area contributed by atoms with Gasteiger partial charge < -0.3 is 39.0 Å². The monoisotopic (exact) mass is 921 g/mol. The van der Waals surface area contributed by atoms with E-state index in [4.69, 9.17) is 24.3 Å². The van der Waals surface area contributed by atoms with Crippen LogP contribution in [0.1, 0.15) is 93.9 Å². The van der Waals surface area contributed by atoms with Crippen LogP contribution in [0.4, 0.5) is 0 Å². The molecule has 15 heteroatoms. The predicted octanol–water partition coefficient (Wildman–Crippen LogP) is 6.11. The van der Waals surface area contributed by atoms with Gasteiger partial charge in [-0.1, -0.05) is 55.4 Å². The van der Waals surface area contributed by atoms with Crippen molar-refractivity contribution < 1.29 is 251 Å². The molecule has 12 unspecified atom stereocenters. The van der Waals surface area contributed by atoms with Crippen LogP contribution in [0.2, 0.25) is 6.82 Å². The maximum absolute atomic E-state index is 7.61. The average Bonchev–Trinajstić information content (AvgIpc) is 3.08. The summed E-state index contributed by atoms with van der Waals surface area (Å²) in [6.45, 7) is 29.3. The van der Waals surface area contributed by atoms with E-state index in [0.29, 0.717) is 18.3 Å². The largest absolute Gasteiger partial charge is 0.448 e. The van der Waals surface area contributed by atoms with E-state index in [-0.39, 0.29) is 226 Å². The fraction of sp³-hybridized carbons (Fsp3) is 1.00. The summed E-state index contributed by atoms with van der Waals surface area (Å²) in [6, 6.07) is 0. The van der Waals surface area contributed by atoms with Crippen molar-refractivity contribution >= 4 is 7.12 Å². The van der Waals surface area contributed by atoms with Gasteiger partial charge in [0.1, 0.15) is 0 Å². The van der Waals surface area contributed by atoms with Gasteiger partial charge in [-0.05, 0) is 98.6 Å². The van der Waals surface area contributed by atoms with E-state index in [9.17, 15) is 0 Å². The molecule has 12 aliphatic rings. The number of hydrogen-bond donors (Lipinski definition) is 2. The number of piperidine rings is 9. The molecule has 15 atom stereocenters. The number of hydrogen-bond acceptors (Lipinski definition) is 8. The van der Waals surface area contributed by atoms with Crippen molar-refractivity contribution in [1.82, 2.24) is 14.7 Å². The van der Waals surface area contributed by atoms with Crippen LogP contribution in [0.15, 0.2) is 0 Å². The molecule has 2 N–H and O–H groups in total. The molecular weight excluding hydrogens is 841 g/mol. The van der Waals surface area contributed by atoms with Crippen molar-refractivity contribution in [1.29, 1.82) is 0 Å². The smallest absolute Gasteiger partial charge is 0.427 e. The number of rotatable bonds is 3. The maximum Gasteiger partial charge on any atom is 0.448 e.